The van der Waals surface area contributed by atoms with Gasteiger partial charge in [-0.1, -0.05) is 107 Å². The van der Waals surface area contributed by atoms with Gasteiger partial charge in [-0.3, -0.25) is 0 Å². The van der Waals surface area contributed by atoms with Gasteiger partial charge in [-0.2, -0.15) is 0 Å². The van der Waals surface area contributed by atoms with E-state index in [0.29, 0.717) is 0 Å². The van der Waals surface area contributed by atoms with Crippen LogP contribution >= 0.6 is 15.9 Å². The minimum Gasteiger partial charge on any atom is -0.376 e. The summed E-state index contributed by atoms with van der Waals surface area (Å²) < 4.78 is 1.01. The lowest BCUT2D eigenvalue weighted by Gasteiger charge is -2.29. The van der Waals surface area contributed by atoms with Gasteiger partial charge in [0.2, 0.25) is 0 Å². The number of hydrogen-bond acceptors (Lipinski definition) is 1. The van der Waals surface area contributed by atoms with Gasteiger partial charge in [-0.25, -0.2) is 0 Å². The fraction of sp³-hybridized carbons (Fsp3) is 0.0625. The Labute approximate surface area is 207 Å². The Hall–Kier alpha value is -3.46. The molecule has 0 heterocycles. The Morgan fingerprint density at radius 3 is 1.76 bits per heavy atom. The molecule has 0 fully saturated rings. The first-order valence-corrected chi connectivity index (χ1v) is 12.4. The van der Waals surface area contributed by atoms with Gasteiger partial charge in [0.15, 0.2) is 0 Å². The molecular weight excluding hydrogens is 480 g/mol. The molecule has 0 bridgehead atoms. The lowest BCUT2D eigenvalue weighted by atomic mass is 9.79. The predicted molar refractivity (Wildman–Crippen MR) is 142 cm³/mol. The van der Waals surface area contributed by atoms with Crippen molar-refractivity contribution in [3.63, 3.8) is 0 Å². The lowest BCUT2D eigenvalue weighted by molar-refractivity contribution is 0.131. The molecule has 0 radical (unpaired) electrons. The SMILES string of the molecule is OC1(c2ccccc2-c2ccccc2Br)c2ccccc2-c2cc3c(cc21)-c1ccccc1C3. The Bertz CT molecular complexity index is 1620. The number of benzene rings is 5. The topological polar surface area (TPSA) is 20.2 Å². The fourth-order valence-electron chi connectivity index (χ4n) is 5.89. The van der Waals surface area contributed by atoms with Gasteiger partial charge in [0.05, 0.1) is 0 Å². The van der Waals surface area contributed by atoms with Gasteiger partial charge < -0.3 is 5.11 Å². The van der Waals surface area contributed by atoms with Crippen molar-refractivity contribution in [1.29, 1.82) is 0 Å². The summed E-state index contributed by atoms with van der Waals surface area (Å²) in [6, 6.07) is 37.9. The minimum atomic E-state index is -1.25. The van der Waals surface area contributed by atoms with Crippen LogP contribution in [0, 0.1) is 0 Å². The van der Waals surface area contributed by atoms with Gasteiger partial charge in [-0.15, -0.1) is 0 Å². The van der Waals surface area contributed by atoms with Crippen molar-refractivity contribution in [2.45, 2.75) is 12.0 Å². The highest BCUT2D eigenvalue weighted by Crippen LogP contribution is 2.55. The third-order valence-corrected chi connectivity index (χ3v) is 8.10. The number of hydrogen-bond donors (Lipinski definition) is 1. The van der Waals surface area contributed by atoms with Crippen LogP contribution in [0.3, 0.4) is 0 Å². The van der Waals surface area contributed by atoms with Crippen molar-refractivity contribution in [2.75, 3.05) is 0 Å². The smallest absolute Gasteiger partial charge is 0.142 e. The first-order valence-electron chi connectivity index (χ1n) is 11.6. The Morgan fingerprint density at radius 2 is 1.06 bits per heavy atom. The zero-order chi connectivity index (χ0) is 22.9. The largest absolute Gasteiger partial charge is 0.376 e. The van der Waals surface area contributed by atoms with E-state index in [2.05, 4.69) is 94.8 Å². The molecule has 162 valence electrons. The van der Waals surface area contributed by atoms with Crippen LogP contribution in [0.5, 0.6) is 0 Å². The van der Waals surface area contributed by atoms with Gasteiger partial charge in [0, 0.05) is 21.2 Å². The Balaban J connectivity index is 1.54. The molecule has 1 N–H and O–H groups in total. The molecule has 5 aromatic rings. The number of rotatable bonds is 2. The van der Waals surface area contributed by atoms with Crippen LogP contribution in [-0.2, 0) is 12.0 Å². The zero-order valence-electron chi connectivity index (χ0n) is 18.4. The van der Waals surface area contributed by atoms with E-state index >= 15 is 0 Å². The highest BCUT2D eigenvalue weighted by Gasteiger charge is 2.45. The summed E-state index contributed by atoms with van der Waals surface area (Å²) >= 11 is 3.73. The average molecular weight is 501 g/mol. The zero-order valence-corrected chi connectivity index (χ0v) is 20.0. The molecule has 1 nitrogen and oxygen atoms in total. The minimum absolute atomic E-state index is 0.902. The van der Waals surface area contributed by atoms with Crippen LogP contribution < -0.4 is 0 Å². The molecule has 0 aliphatic heterocycles. The molecule has 0 aromatic heterocycles. The number of fused-ring (bicyclic) bond motifs is 6. The second-order valence-electron chi connectivity index (χ2n) is 9.17. The first-order chi connectivity index (χ1) is 16.7. The molecule has 0 amide bonds. The molecule has 7 rings (SSSR count). The molecule has 0 spiro atoms. The molecule has 5 aromatic carbocycles. The third kappa shape index (κ3) is 2.64. The molecule has 2 aliphatic carbocycles. The van der Waals surface area contributed by atoms with Crippen molar-refractivity contribution in [2.24, 2.45) is 0 Å². The van der Waals surface area contributed by atoms with Gasteiger partial charge in [0.25, 0.3) is 0 Å². The molecule has 0 saturated carbocycles. The Kier molecular flexibility index (Phi) is 4.27. The number of aliphatic hydroxyl groups is 1. The lowest BCUT2D eigenvalue weighted by Crippen LogP contribution is -2.27. The van der Waals surface area contributed by atoms with E-state index in [0.717, 1.165) is 49.8 Å². The van der Waals surface area contributed by atoms with E-state index in [1.807, 2.05) is 30.3 Å². The van der Waals surface area contributed by atoms with Crippen LogP contribution in [0.25, 0.3) is 33.4 Å². The van der Waals surface area contributed by atoms with Crippen molar-refractivity contribution in [3.05, 3.63) is 141 Å². The predicted octanol–water partition coefficient (Wildman–Crippen LogP) is 7.95. The summed E-state index contributed by atoms with van der Waals surface area (Å²) in [6.07, 6.45) is 0.937. The normalized spacial score (nSPS) is 17.1. The third-order valence-electron chi connectivity index (χ3n) is 7.41. The van der Waals surface area contributed by atoms with Gasteiger partial charge >= 0.3 is 0 Å². The summed E-state index contributed by atoms with van der Waals surface area (Å²) in [5, 5.41) is 12.8. The number of halogens is 1. The van der Waals surface area contributed by atoms with Gasteiger partial charge in [0.1, 0.15) is 5.60 Å². The fourth-order valence-corrected chi connectivity index (χ4v) is 6.39. The monoisotopic (exact) mass is 500 g/mol. The van der Waals surface area contributed by atoms with E-state index in [4.69, 9.17) is 0 Å². The molecule has 0 saturated heterocycles. The van der Waals surface area contributed by atoms with Crippen molar-refractivity contribution in [3.8, 4) is 33.4 Å². The van der Waals surface area contributed by atoms with E-state index in [-0.39, 0.29) is 0 Å². The summed E-state index contributed by atoms with van der Waals surface area (Å²) in [4.78, 5) is 0. The maximum atomic E-state index is 12.8. The van der Waals surface area contributed by atoms with E-state index < -0.39 is 5.60 Å². The van der Waals surface area contributed by atoms with Crippen LogP contribution in [-0.4, -0.2) is 5.11 Å². The summed E-state index contributed by atoms with van der Waals surface area (Å²) in [7, 11) is 0. The van der Waals surface area contributed by atoms with Crippen molar-refractivity contribution in [1.82, 2.24) is 0 Å². The quantitative estimate of drug-likeness (QED) is 0.255. The van der Waals surface area contributed by atoms with Gasteiger partial charge in [-0.05, 0) is 69.1 Å². The van der Waals surface area contributed by atoms with Crippen LogP contribution in [0.15, 0.2) is 114 Å². The highest BCUT2D eigenvalue weighted by molar-refractivity contribution is 9.10. The summed E-state index contributed by atoms with van der Waals surface area (Å²) in [5.74, 6) is 0. The second-order valence-corrected chi connectivity index (χ2v) is 10.0. The molecule has 2 aliphatic rings. The van der Waals surface area contributed by atoms with Crippen molar-refractivity contribution >= 4 is 15.9 Å². The molecule has 1 unspecified atom stereocenters. The molecule has 2 heteroatoms. The maximum absolute atomic E-state index is 12.8. The maximum Gasteiger partial charge on any atom is 0.142 e. The summed E-state index contributed by atoms with van der Waals surface area (Å²) in [6.45, 7) is 0. The van der Waals surface area contributed by atoms with Crippen LogP contribution in [0.2, 0.25) is 0 Å². The molecule has 1 atom stereocenters. The average Bonchev–Trinajstić information content (AvgIpc) is 3.37. The van der Waals surface area contributed by atoms with Crippen LogP contribution in [0.4, 0.5) is 0 Å². The Morgan fingerprint density at radius 1 is 0.500 bits per heavy atom. The second kappa shape index (κ2) is 7.27. The van der Waals surface area contributed by atoms with Crippen LogP contribution in [0.1, 0.15) is 27.8 Å². The first kappa shape index (κ1) is 20.0. The summed E-state index contributed by atoms with van der Waals surface area (Å²) in [5.41, 5.74) is 11.1. The molecular formula is C32H21BrO. The van der Waals surface area contributed by atoms with Crippen molar-refractivity contribution < 1.29 is 5.11 Å². The highest BCUT2D eigenvalue weighted by atomic mass is 79.9. The molecule has 34 heavy (non-hydrogen) atoms. The van der Waals surface area contributed by atoms with E-state index in [1.54, 1.807) is 0 Å². The standard InChI is InChI=1S/C32H21BrO/c33-31-16-8-5-13-25(31)23-11-3-6-14-28(23)32(34)29-15-7-4-12-24(29)27-18-21-17-20-9-1-2-10-22(20)26(21)19-30(27)32/h1-16,18-19,34H,17H2. The van der Waals surface area contributed by atoms with E-state index in [1.165, 1.54) is 22.3 Å². The van der Waals surface area contributed by atoms with E-state index in [9.17, 15) is 5.11 Å².